The van der Waals surface area contributed by atoms with Gasteiger partial charge in [0.15, 0.2) is 6.29 Å². The van der Waals surface area contributed by atoms with Crippen molar-refractivity contribution < 1.29 is 49.0 Å². The molecule has 0 aliphatic carbocycles. The van der Waals surface area contributed by atoms with Crippen molar-refractivity contribution in [2.24, 2.45) is 0 Å². The Balaban J connectivity index is 2.30. The maximum absolute atomic E-state index is 11.7. The lowest BCUT2D eigenvalue weighted by molar-refractivity contribution is -0.316. The summed E-state index contributed by atoms with van der Waals surface area (Å²) in [5.41, 5.74) is 0. The number of aliphatic hydroxyl groups excluding tert-OH is 4. The van der Waals surface area contributed by atoms with E-state index in [9.17, 15) is 30.0 Å². The molecule has 6 N–H and O–H groups in total. The molecule has 12 nitrogen and oxygen atoms in total. The molecule has 12 heteroatoms. The number of methoxy groups -OCH3 is 1. The molecule has 4 unspecified atom stereocenters. The van der Waals surface area contributed by atoms with Gasteiger partial charge in [0, 0.05) is 21.0 Å². The highest BCUT2D eigenvalue weighted by atomic mass is 16.7. The summed E-state index contributed by atoms with van der Waals surface area (Å²) < 4.78 is 22.7. The minimum Gasteiger partial charge on any atom is -0.394 e. The second-order valence-electron chi connectivity index (χ2n) is 7.76. The third kappa shape index (κ3) is 5.90. The molecule has 2 aliphatic rings. The Bertz CT molecular complexity index is 608. The zero-order valence-electron chi connectivity index (χ0n) is 18.1. The Hall–Kier alpha value is -1.38. The number of carbonyl (C=O) groups excluding carboxylic acids is 2. The summed E-state index contributed by atoms with van der Waals surface area (Å²) in [6.45, 7) is 3.37. The number of rotatable bonds is 8. The SMILES string of the molecule is CC[C@@H]1OC(CO)[C@H](O[C@H]2OC(CO)[C@@H](OC)C(O)[C@H]2NC(C)=O)C(O)[C@@H]1NC(C)=O. The van der Waals surface area contributed by atoms with Crippen LogP contribution in [0.1, 0.15) is 27.2 Å². The van der Waals surface area contributed by atoms with Gasteiger partial charge in [-0.1, -0.05) is 6.92 Å². The molecule has 0 saturated carbocycles. The zero-order chi connectivity index (χ0) is 23.3. The van der Waals surface area contributed by atoms with Crippen LogP contribution in [0.15, 0.2) is 0 Å². The predicted octanol–water partition coefficient (Wildman–Crippen LogP) is -3.00. The maximum Gasteiger partial charge on any atom is 0.217 e. The van der Waals surface area contributed by atoms with E-state index in [1.54, 1.807) is 0 Å². The van der Waals surface area contributed by atoms with Crippen molar-refractivity contribution in [2.45, 2.75) is 88.3 Å². The summed E-state index contributed by atoms with van der Waals surface area (Å²) in [5, 5.41) is 46.3. The van der Waals surface area contributed by atoms with Gasteiger partial charge in [-0.3, -0.25) is 9.59 Å². The lowest BCUT2D eigenvalue weighted by Crippen LogP contribution is -2.69. The van der Waals surface area contributed by atoms with Crippen LogP contribution < -0.4 is 10.6 Å². The van der Waals surface area contributed by atoms with Crippen LogP contribution in [-0.4, -0.2) is 114 Å². The summed E-state index contributed by atoms with van der Waals surface area (Å²) in [6, 6.07) is -1.91. The predicted molar refractivity (Wildman–Crippen MR) is 105 cm³/mol. The molecule has 10 atom stereocenters. The fourth-order valence-electron chi connectivity index (χ4n) is 4.13. The first-order valence-corrected chi connectivity index (χ1v) is 10.3. The molecule has 2 fully saturated rings. The highest BCUT2D eigenvalue weighted by molar-refractivity contribution is 5.73. The number of amides is 2. The largest absolute Gasteiger partial charge is 0.394 e. The van der Waals surface area contributed by atoms with E-state index in [2.05, 4.69) is 10.6 Å². The van der Waals surface area contributed by atoms with Crippen LogP contribution in [0.4, 0.5) is 0 Å². The first-order valence-electron chi connectivity index (χ1n) is 10.3. The van der Waals surface area contributed by atoms with Gasteiger partial charge < -0.3 is 50.0 Å². The molecule has 2 amide bonds. The first kappa shape index (κ1) is 25.9. The van der Waals surface area contributed by atoms with Gasteiger partial charge in [0.25, 0.3) is 0 Å². The summed E-state index contributed by atoms with van der Waals surface area (Å²) in [5.74, 6) is -0.851. The van der Waals surface area contributed by atoms with Crippen LogP contribution >= 0.6 is 0 Å². The Morgan fingerprint density at radius 2 is 1.39 bits per heavy atom. The smallest absolute Gasteiger partial charge is 0.217 e. The van der Waals surface area contributed by atoms with E-state index >= 15 is 0 Å². The van der Waals surface area contributed by atoms with Crippen molar-refractivity contribution in [1.82, 2.24) is 10.6 Å². The minimum atomic E-state index is -1.31. The highest BCUT2D eigenvalue weighted by Crippen LogP contribution is 2.30. The second-order valence-corrected chi connectivity index (χ2v) is 7.76. The average molecular weight is 450 g/mol. The van der Waals surface area contributed by atoms with Crippen molar-refractivity contribution in [3.63, 3.8) is 0 Å². The van der Waals surface area contributed by atoms with Gasteiger partial charge in [-0.05, 0) is 6.42 Å². The highest BCUT2D eigenvalue weighted by Gasteiger charge is 2.51. The topological polar surface area (TPSA) is 176 Å². The van der Waals surface area contributed by atoms with Gasteiger partial charge >= 0.3 is 0 Å². The van der Waals surface area contributed by atoms with Crippen molar-refractivity contribution in [3.05, 3.63) is 0 Å². The van der Waals surface area contributed by atoms with Crippen LogP contribution in [0, 0.1) is 0 Å². The molecule has 0 bridgehead atoms. The van der Waals surface area contributed by atoms with Crippen LogP contribution in [0.2, 0.25) is 0 Å². The fourth-order valence-corrected chi connectivity index (χ4v) is 4.13. The molecule has 0 radical (unpaired) electrons. The fraction of sp³-hybridized carbons (Fsp3) is 0.895. The van der Waals surface area contributed by atoms with Crippen molar-refractivity contribution in [1.29, 1.82) is 0 Å². The lowest BCUT2D eigenvalue weighted by Gasteiger charge is -2.48. The minimum absolute atomic E-state index is 0.379. The van der Waals surface area contributed by atoms with Crippen LogP contribution in [0.5, 0.6) is 0 Å². The Kier molecular flexibility index (Phi) is 9.58. The number of nitrogens with one attached hydrogen (secondary N) is 2. The molecule has 0 aromatic carbocycles. The Morgan fingerprint density at radius 3 is 1.87 bits per heavy atom. The van der Waals surface area contributed by atoms with Crippen LogP contribution in [-0.2, 0) is 28.5 Å². The Labute approximate surface area is 180 Å². The van der Waals surface area contributed by atoms with Gasteiger partial charge in [0.2, 0.25) is 11.8 Å². The molecule has 180 valence electrons. The number of ether oxygens (including phenoxy) is 4. The molecule has 0 aromatic rings. The summed E-state index contributed by atoms with van der Waals surface area (Å²) in [7, 11) is 1.33. The third-order valence-corrected chi connectivity index (χ3v) is 5.56. The van der Waals surface area contributed by atoms with Gasteiger partial charge in [0.1, 0.15) is 42.7 Å². The molecule has 31 heavy (non-hydrogen) atoms. The molecule has 2 heterocycles. The first-order chi connectivity index (χ1) is 14.7. The van der Waals surface area contributed by atoms with E-state index in [1.165, 1.54) is 21.0 Å². The normalized spacial score (nSPS) is 40.9. The lowest BCUT2D eigenvalue weighted by atomic mass is 9.90. The molecule has 2 aliphatic heterocycles. The summed E-state index contributed by atoms with van der Waals surface area (Å²) in [4.78, 5) is 23.3. The molecule has 2 saturated heterocycles. The van der Waals surface area contributed by atoms with Crippen molar-refractivity contribution in [2.75, 3.05) is 20.3 Å². The summed E-state index contributed by atoms with van der Waals surface area (Å²) in [6.07, 6.45) is -8.05. The van der Waals surface area contributed by atoms with E-state index < -0.39 is 80.2 Å². The van der Waals surface area contributed by atoms with E-state index in [4.69, 9.17) is 18.9 Å². The molecule has 2 rings (SSSR count). The number of carbonyl (C=O) groups is 2. The van der Waals surface area contributed by atoms with Crippen LogP contribution in [0.25, 0.3) is 0 Å². The van der Waals surface area contributed by atoms with E-state index in [1.807, 2.05) is 6.92 Å². The standard InChI is InChI=1S/C19H34N2O10/c1-5-10-13(20-8(2)24)15(26)18(12(7-23)29-10)31-19-14(21-9(3)25)16(27)17(28-4)11(6-22)30-19/h10-19,22-23,26-27H,5-7H2,1-4H3,(H,20,24)(H,21,25)/t10-,11?,12?,13+,14+,15?,16?,17+,18-,19+/m0/s1. The quantitative estimate of drug-likeness (QED) is 0.223. The number of hydrogen-bond acceptors (Lipinski definition) is 10. The Morgan fingerprint density at radius 1 is 0.871 bits per heavy atom. The number of hydrogen-bond donors (Lipinski definition) is 6. The van der Waals surface area contributed by atoms with E-state index in [0.717, 1.165) is 0 Å². The zero-order valence-corrected chi connectivity index (χ0v) is 18.1. The maximum atomic E-state index is 11.7. The second kappa shape index (κ2) is 11.5. The van der Waals surface area contributed by atoms with Crippen molar-refractivity contribution in [3.8, 4) is 0 Å². The van der Waals surface area contributed by atoms with E-state index in [0.29, 0.717) is 6.42 Å². The number of aliphatic hydroxyl groups is 4. The molecule has 0 spiro atoms. The van der Waals surface area contributed by atoms with Crippen LogP contribution in [0.3, 0.4) is 0 Å². The third-order valence-electron chi connectivity index (χ3n) is 5.56. The van der Waals surface area contributed by atoms with Crippen molar-refractivity contribution >= 4 is 11.8 Å². The van der Waals surface area contributed by atoms with E-state index in [-0.39, 0.29) is 5.91 Å². The molecule has 0 aromatic heterocycles. The monoisotopic (exact) mass is 450 g/mol. The average Bonchev–Trinajstić information content (AvgIpc) is 2.72. The van der Waals surface area contributed by atoms with Gasteiger partial charge in [-0.15, -0.1) is 0 Å². The summed E-state index contributed by atoms with van der Waals surface area (Å²) >= 11 is 0. The van der Waals surface area contributed by atoms with Gasteiger partial charge in [-0.2, -0.15) is 0 Å². The molecular weight excluding hydrogens is 416 g/mol. The van der Waals surface area contributed by atoms with Gasteiger partial charge in [-0.25, -0.2) is 0 Å². The van der Waals surface area contributed by atoms with Gasteiger partial charge in [0.05, 0.1) is 25.4 Å². The molecular formula is C19H34N2O10.